The zero-order valence-corrected chi connectivity index (χ0v) is 14.5. The third-order valence-electron chi connectivity index (χ3n) is 4.36. The molecule has 0 aromatic heterocycles. The second kappa shape index (κ2) is 8.44. The molecule has 0 aliphatic rings. The highest BCUT2D eigenvalue weighted by Crippen LogP contribution is 2.40. The summed E-state index contributed by atoms with van der Waals surface area (Å²) in [5.74, 6) is 0. The highest BCUT2D eigenvalue weighted by molar-refractivity contribution is 5.47. The van der Waals surface area contributed by atoms with Gasteiger partial charge < -0.3 is 9.84 Å². The van der Waals surface area contributed by atoms with E-state index in [1.807, 2.05) is 97.1 Å². The summed E-state index contributed by atoms with van der Waals surface area (Å²) in [6.07, 6.45) is -0.801. The minimum absolute atomic E-state index is 0.0362. The molecular weight excluding hydrogens is 322 g/mol. The van der Waals surface area contributed by atoms with Crippen LogP contribution in [0.3, 0.4) is 0 Å². The number of nitriles is 1. The van der Waals surface area contributed by atoms with Gasteiger partial charge in [-0.1, -0.05) is 91.0 Å². The molecule has 0 saturated heterocycles. The van der Waals surface area contributed by atoms with E-state index < -0.39 is 11.7 Å². The summed E-state index contributed by atoms with van der Waals surface area (Å²) >= 11 is 0. The molecule has 26 heavy (non-hydrogen) atoms. The Kier molecular flexibility index (Phi) is 5.80. The second-order valence-electron chi connectivity index (χ2n) is 6.11. The molecule has 130 valence electrons. The van der Waals surface area contributed by atoms with E-state index in [-0.39, 0.29) is 13.0 Å². The highest BCUT2D eigenvalue weighted by atomic mass is 16.5. The van der Waals surface area contributed by atoms with Gasteiger partial charge in [-0.15, -0.1) is 0 Å². The molecule has 0 heterocycles. The van der Waals surface area contributed by atoms with Crippen LogP contribution in [-0.2, 0) is 10.3 Å². The predicted molar refractivity (Wildman–Crippen MR) is 101 cm³/mol. The van der Waals surface area contributed by atoms with Crippen molar-refractivity contribution in [2.24, 2.45) is 0 Å². The van der Waals surface area contributed by atoms with Gasteiger partial charge in [-0.2, -0.15) is 5.26 Å². The van der Waals surface area contributed by atoms with Crippen molar-refractivity contribution in [2.75, 3.05) is 6.61 Å². The van der Waals surface area contributed by atoms with Gasteiger partial charge in [0.15, 0.2) is 0 Å². The van der Waals surface area contributed by atoms with Gasteiger partial charge in [0.2, 0.25) is 0 Å². The molecule has 1 atom stereocenters. The van der Waals surface area contributed by atoms with Crippen molar-refractivity contribution in [1.29, 1.82) is 5.26 Å². The van der Waals surface area contributed by atoms with Crippen LogP contribution in [0.4, 0.5) is 0 Å². The van der Waals surface area contributed by atoms with Gasteiger partial charge in [-0.25, -0.2) is 0 Å². The second-order valence-corrected chi connectivity index (χ2v) is 6.11. The fourth-order valence-corrected chi connectivity index (χ4v) is 3.15. The summed E-state index contributed by atoms with van der Waals surface area (Å²) in [6, 6.07) is 31.9. The molecule has 1 N–H and O–H groups in total. The first-order valence-corrected chi connectivity index (χ1v) is 8.63. The zero-order chi connectivity index (χ0) is 18.2. The van der Waals surface area contributed by atoms with Gasteiger partial charge in [0.05, 0.1) is 25.2 Å². The molecule has 0 radical (unpaired) electrons. The number of ether oxygens (including phenoxy) is 1. The van der Waals surface area contributed by atoms with Gasteiger partial charge in [0, 0.05) is 0 Å². The van der Waals surface area contributed by atoms with Gasteiger partial charge in [-0.05, 0) is 16.7 Å². The molecule has 0 bridgehead atoms. The number of hydrogen-bond donors (Lipinski definition) is 1. The normalized spacial score (nSPS) is 12.3. The first kappa shape index (κ1) is 17.9. The Morgan fingerprint density at radius 3 is 1.50 bits per heavy atom. The quantitative estimate of drug-likeness (QED) is 0.652. The predicted octanol–water partition coefficient (Wildman–Crippen LogP) is 4.27. The summed E-state index contributed by atoms with van der Waals surface area (Å²) in [5.41, 5.74) is 2.06. The molecule has 0 fully saturated rings. The van der Waals surface area contributed by atoms with Crippen LogP contribution in [-0.4, -0.2) is 17.8 Å². The smallest absolute Gasteiger partial charge is 0.143 e. The highest BCUT2D eigenvalue weighted by Gasteiger charge is 2.37. The summed E-state index contributed by atoms with van der Waals surface area (Å²) in [6.45, 7) is 0.0617. The Bertz CT molecular complexity index is 745. The van der Waals surface area contributed by atoms with Gasteiger partial charge in [0.25, 0.3) is 0 Å². The molecule has 0 aliphatic carbocycles. The third-order valence-corrected chi connectivity index (χ3v) is 4.36. The Hall–Kier alpha value is -2.93. The standard InChI is InChI=1S/C23H21NO2/c24-17-16-22(25)18-26-23(19-10-4-1-5-11-19,20-12-6-2-7-13-20)21-14-8-3-9-15-21/h1-15,22,25H,16,18H2. The molecule has 3 heteroatoms. The lowest BCUT2D eigenvalue weighted by Gasteiger charge is -2.36. The molecule has 3 rings (SSSR count). The molecule has 1 unspecified atom stereocenters. The first-order chi connectivity index (χ1) is 12.8. The van der Waals surface area contributed by atoms with Crippen LogP contribution in [0.5, 0.6) is 0 Å². The van der Waals surface area contributed by atoms with Crippen molar-refractivity contribution in [3.63, 3.8) is 0 Å². The van der Waals surface area contributed by atoms with E-state index in [9.17, 15) is 5.11 Å². The van der Waals surface area contributed by atoms with Crippen LogP contribution in [0.15, 0.2) is 91.0 Å². The lowest BCUT2D eigenvalue weighted by atomic mass is 9.80. The molecule has 0 amide bonds. The Labute approximate surface area is 154 Å². The summed E-state index contributed by atoms with van der Waals surface area (Å²) < 4.78 is 6.40. The van der Waals surface area contributed by atoms with Crippen LogP contribution in [0.25, 0.3) is 0 Å². The summed E-state index contributed by atoms with van der Waals surface area (Å²) in [4.78, 5) is 0. The average Bonchev–Trinajstić information content (AvgIpc) is 2.71. The largest absolute Gasteiger partial charge is 0.390 e. The molecular formula is C23H21NO2. The maximum absolute atomic E-state index is 10.1. The number of aliphatic hydroxyl groups is 1. The fourth-order valence-electron chi connectivity index (χ4n) is 3.15. The van der Waals surface area contributed by atoms with Crippen LogP contribution < -0.4 is 0 Å². The van der Waals surface area contributed by atoms with Crippen molar-refractivity contribution < 1.29 is 9.84 Å². The maximum atomic E-state index is 10.1. The number of rotatable bonds is 7. The monoisotopic (exact) mass is 343 g/mol. The summed E-state index contributed by atoms with van der Waals surface area (Å²) in [5, 5.41) is 19.0. The van der Waals surface area contributed by atoms with Gasteiger partial charge >= 0.3 is 0 Å². The van der Waals surface area contributed by atoms with Crippen molar-refractivity contribution in [2.45, 2.75) is 18.1 Å². The first-order valence-electron chi connectivity index (χ1n) is 8.63. The van der Waals surface area contributed by atoms with E-state index >= 15 is 0 Å². The zero-order valence-electron chi connectivity index (χ0n) is 14.5. The molecule has 3 aromatic rings. The molecule has 0 spiro atoms. The Balaban J connectivity index is 2.16. The van der Waals surface area contributed by atoms with E-state index in [1.165, 1.54) is 0 Å². The molecule has 0 aliphatic heterocycles. The van der Waals surface area contributed by atoms with Crippen LogP contribution >= 0.6 is 0 Å². The molecule has 3 aromatic carbocycles. The fraction of sp³-hybridized carbons (Fsp3) is 0.174. The van der Waals surface area contributed by atoms with Crippen molar-refractivity contribution in [3.05, 3.63) is 108 Å². The van der Waals surface area contributed by atoms with Crippen molar-refractivity contribution in [3.8, 4) is 6.07 Å². The van der Waals surface area contributed by atoms with E-state index in [0.29, 0.717) is 0 Å². The van der Waals surface area contributed by atoms with Crippen molar-refractivity contribution in [1.82, 2.24) is 0 Å². The summed E-state index contributed by atoms with van der Waals surface area (Å²) in [7, 11) is 0. The van der Waals surface area contributed by atoms with Gasteiger partial charge in [0.1, 0.15) is 5.60 Å². The minimum Gasteiger partial charge on any atom is -0.390 e. The average molecular weight is 343 g/mol. The number of aliphatic hydroxyl groups excluding tert-OH is 1. The van der Waals surface area contributed by atoms with E-state index in [4.69, 9.17) is 10.00 Å². The third kappa shape index (κ3) is 3.67. The minimum atomic E-state index is -0.861. The molecule has 0 saturated carbocycles. The van der Waals surface area contributed by atoms with Crippen molar-refractivity contribution >= 4 is 0 Å². The maximum Gasteiger partial charge on any atom is 0.143 e. The number of hydrogen-bond acceptors (Lipinski definition) is 3. The Morgan fingerprint density at radius 2 is 1.15 bits per heavy atom. The molecule has 3 nitrogen and oxygen atoms in total. The number of benzene rings is 3. The van der Waals surface area contributed by atoms with Crippen LogP contribution in [0, 0.1) is 11.3 Å². The topological polar surface area (TPSA) is 53.2 Å². The van der Waals surface area contributed by atoms with Gasteiger partial charge in [-0.3, -0.25) is 0 Å². The lowest BCUT2D eigenvalue weighted by Crippen LogP contribution is -2.35. The van der Waals surface area contributed by atoms with E-state index in [2.05, 4.69) is 0 Å². The van der Waals surface area contributed by atoms with Crippen LogP contribution in [0.2, 0.25) is 0 Å². The Morgan fingerprint density at radius 1 is 0.769 bits per heavy atom. The SMILES string of the molecule is N#CCC(O)COC(c1ccccc1)(c1ccccc1)c1ccccc1. The lowest BCUT2D eigenvalue weighted by molar-refractivity contribution is -0.0364. The van der Waals surface area contributed by atoms with Crippen LogP contribution in [0.1, 0.15) is 23.1 Å². The van der Waals surface area contributed by atoms with E-state index in [0.717, 1.165) is 16.7 Å². The number of nitrogens with zero attached hydrogens (tertiary/aromatic N) is 1. The van der Waals surface area contributed by atoms with E-state index in [1.54, 1.807) is 0 Å².